The molecule has 0 heterocycles. The highest BCUT2D eigenvalue weighted by atomic mass is 35.5. The number of sulfonamides is 1. The summed E-state index contributed by atoms with van der Waals surface area (Å²) in [6.07, 6.45) is 1.16. The summed E-state index contributed by atoms with van der Waals surface area (Å²) < 4.78 is 37.1. The molecule has 0 aliphatic heterocycles. The number of hydrogen-bond acceptors (Lipinski definition) is 5. The zero-order valence-corrected chi connectivity index (χ0v) is 20.6. The number of anilines is 1. The molecule has 34 heavy (non-hydrogen) atoms. The lowest BCUT2D eigenvalue weighted by Crippen LogP contribution is -2.29. The minimum atomic E-state index is -3.52. The van der Waals surface area contributed by atoms with E-state index in [4.69, 9.17) is 21.1 Å². The quantitative estimate of drug-likeness (QED) is 0.390. The molecular formula is C25H27ClN2O5S. The molecule has 0 fully saturated rings. The predicted octanol–water partition coefficient (Wildman–Crippen LogP) is 4.51. The molecule has 0 radical (unpaired) electrons. The van der Waals surface area contributed by atoms with E-state index in [1.54, 1.807) is 72.8 Å². The molecule has 0 spiro atoms. The van der Waals surface area contributed by atoms with E-state index in [9.17, 15) is 13.2 Å². The minimum Gasteiger partial charge on any atom is -0.494 e. The van der Waals surface area contributed by atoms with Crippen LogP contribution in [0.15, 0.2) is 72.8 Å². The smallest absolute Gasteiger partial charge is 0.251 e. The Bertz CT molecular complexity index is 1180. The Kier molecular flexibility index (Phi) is 8.79. The number of halogens is 1. The number of carbonyl (C=O) groups excluding carboxylic acids is 1. The number of hydrogen-bond donors (Lipinski definition) is 1. The van der Waals surface area contributed by atoms with Gasteiger partial charge in [0.25, 0.3) is 5.91 Å². The van der Waals surface area contributed by atoms with Gasteiger partial charge in [-0.15, -0.1) is 0 Å². The molecule has 3 aromatic carbocycles. The van der Waals surface area contributed by atoms with E-state index in [1.807, 2.05) is 6.92 Å². The number of ether oxygens (including phenoxy) is 2. The van der Waals surface area contributed by atoms with Gasteiger partial charge in [-0.05, 0) is 73.2 Å². The molecule has 0 unspecified atom stereocenters. The number of carbonyl (C=O) groups is 1. The van der Waals surface area contributed by atoms with E-state index < -0.39 is 10.0 Å². The van der Waals surface area contributed by atoms with Crippen LogP contribution in [0.4, 0.5) is 5.69 Å². The lowest BCUT2D eigenvalue weighted by atomic mass is 10.1. The highest BCUT2D eigenvalue weighted by Gasteiger charge is 2.18. The Morgan fingerprint density at radius 2 is 1.50 bits per heavy atom. The Hall–Kier alpha value is -3.23. The van der Waals surface area contributed by atoms with Gasteiger partial charge in [-0.1, -0.05) is 23.7 Å². The molecule has 1 N–H and O–H groups in total. The van der Waals surface area contributed by atoms with Crippen LogP contribution in [0.3, 0.4) is 0 Å². The molecule has 3 aromatic rings. The SMILES string of the molecule is CCOc1ccc(N(Cc2ccc(C(=O)NCCOc3ccc(Cl)cc3)cc2)S(C)(=O)=O)cc1. The Labute approximate surface area is 205 Å². The maximum absolute atomic E-state index is 12.4. The fraction of sp³-hybridized carbons (Fsp3) is 0.240. The number of benzene rings is 3. The van der Waals surface area contributed by atoms with Crippen molar-refractivity contribution in [2.24, 2.45) is 0 Å². The number of nitrogens with one attached hydrogen (secondary N) is 1. The van der Waals surface area contributed by atoms with Gasteiger partial charge < -0.3 is 14.8 Å². The molecule has 0 aromatic heterocycles. The minimum absolute atomic E-state index is 0.143. The molecule has 0 aliphatic carbocycles. The van der Waals surface area contributed by atoms with Crippen LogP contribution in [-0.4, -0.2) is 40.3 Å². The van der Waals surface area contributed by atoms with Gasteiger partial charge in [0.2, 0.25) is 10.0 Å². The topological polar surface area (TPSA) is 84.9 Å². The molecule has 1 amide bonds. The molecule has 9 heteroatoms. The van der Waals surface area contributed by atoms with E-state index in [-0.39, 0.29) is 12.5 Å². The summed E-state index contributed by atoms with van der Waals surface area (Å²) in [6.45, 7) is 3.21. The van der Waals surface area contributed by atoms with Crippen molar-refractivity contribution in [2.75, 3.05) is 30.3 Å². The molecule has 0 saturated carbocycles. The van der Waals surface area contributed by atoms with Crippen molar-refractivity contribution >= 4 is 33.2 Å². The summed E-state index contributed by atoms with van der Waals surface area (Å²) in [7, 11) is -3.52. The summed E-state index contributed by atoms with van der Waals surface area (Å²) in [6, 6.07) is 20.7. The van der Waals surface area contributed by atoms with Crippen LogP contribution in [0.2, 0.25) is 5.02 Å². The van der Waals surface area contributed by atoms with Crippen LogP contribution in [0.1, 0.15) is 22.8 Å². The van der Waals surface area contributed by atoms with Crippen molar-refractivity contribution in [3.63, 3.8) is 0 Å². The van der Waals surface area contributed by atoms with Crippen molar-refractivity contribution in [1.82, 2.24) is 5.32 Å². The van der Waals surface area contributed by atoms with Crippen molar-refractivity contribution in [2.45, 2.75) is 13.5 Å². The van der Waals surface area contributed by atoms with Crippen LogP contribution in [0.25, 0.3) is 0 Å². The monoisotopic (exact) mass is 502 g/mol. The summed E-state index contributed by atoms with van der Waals surface area (Å²) in [5.74, 6) is 1.11. The second-order valence-electron chi connectivity index (χ2n) is 7.45. The molecule has 3 rings (SSSR count). The maximum Gasteiger partial charge on any atom is 0.251 e. The number of amides is 1. The molecule has 180 valence electrons. The molecular weight excluding hydrogens is 476 g/mol. The lowest BCUT2D eigenvalue weighted by Gasteiger charge is -2.23. The van der Waals surface area contributed by atoms with Gasteiger partial charge in [-0.3, -0.25) is 9.10 Å². The Balaban J connectivity index is 1.57. The average Bonchev–Trinajstić information content (AvgIpc) is 2.82. The Morgan fingerprint density at radius 1 is 0.912 bits per heavy atom. The molecule has 0 aliphatic rings. The second kappa shape index (κ2) is 11.8. The first-order chi connectivity index (χ1) is 16.3. The van der Waals surface area contributed by atoms with Gasteiger partial charge in [0.1, 0.15) is 18.1 Å². The van der Waals surface area contributed by atoms with E-state index in [0.29, 0.717) is 47.5 Å². The third-order valence-corrected chi connectivity index (χ3v) is 6.24. The highest BCUT2D eigenvalue weighted by molar-refractivity contribution is 7.92. The number of rotatable bonds is 11. The highest BCUT2D eigenvalue weighted by Crippen LogP contribution is 2.24. The molecule has 0 bridgehead atoms. The van der Waals surface area contributed by atoms with Gasteiger partial charge in [0.15, 0.2) is 0 Å². The zero-order valence-electron chi connectivity index (χ0n) is 19.0. The van der Waals surface area contributed by atoms with Crippen LogP contribution in [-0.2, 0) is 16.6 Å². The largest absolute Gasteiger partial charge is 0.494 e. The summed E-state index contributed by atoms with van der Waals surface area (Å²) >= 11 is 5.84. The maximum atomic E-state index is 12.4. The van der Waals surface area contributed by atoms with Crippen LogP contribution in [0.5, 0.6) is 11.5 Å². The summed E-state index contributed by atoms with van der Waals surface area (Å²) in [4.78, 5) is 12.4. The summed E-state index contributed by atoms with van der Waals surface area (Å²) in [5, 5.41) is 3.43. The third kappa shape index (κ3) is 7.40. The average molecular weight is 503 g/mol. The second-order valence-corrected chi connectivity index (χ2v) is 9.80. The summed E-state index contributed by atoms with van der Waals surface area (Å²) in [5.41, 5.74) is 1.76. The van der Waals surface area contributed by atoms with Crippen LogP contribution < -0.4 is 19.1 Å². The van der Waals surface area contributed by atoms with E-state index in [2.05, 4.69) is 5.32 Å². The normalized spacial score (nSPS) is 11.0. The van der Waals surface area contributed by atoms with Gasteiger partial charge in [0.05, 0.1) is 31.6 Å². The van der Waals surface area contributed by atoms with E-state index in [1.165, 1.54) is 4.31 Å². The lowest BCUT2D eigenvalue weighted by molar-refractivity contribution is 0.0947. The molecule has 0 atom stereocenters. The standard InChI is InChI=1S/C25H27ClN2O5S/c1-3-32-23-14-10-22(11-15-23)28(34(2,30)31)18-19-4-6-20(7-5-19)25(29)27-16-17-33-24-12-8-21(26)9-13-24/h4-15H,3,16-18H2,1-2H3,(H,27,29). The third-order valence-electron chi connectivity index (χ3n) is 4.85. The fourth-order valence-corrected chi connectivity index (χ4v) is 4.18. The zero-order chi connectivity index (χ0) is 24.6. The molecule has 7 nitrogen and oxygen atoms in total. The van der Waals surface area contributed by atoms with Crippen LogP contribution >= 0.6 is 11.6 Å². The fourth-order valence-electron chi connectivity index (χ4n) is 3.17. The van der Waals surface area contributed by atoms with Crippen LogP contribution in [0, 0.1) is 0 Å². The van der Waals surface area contributed by atoms with Gasteiger partial charge in [-0.2, -0.15) is 0 Å². The van der Waals surface area contributed by atoms with Gasteiger partial charge in [0, 0.05) is 10.6 Å². The first-order valence-electron chi connectivity index (χ1n) is 10.7. The van der Waals surface area contributed by atoms with E-state index >= 15 is 0 Å². The van der Waals surface area contributed by atoms with Gasteiger partial charge >= 0.3 is 0 Å². The van der Waals surface area contributed by atoms with Crippen molar-refractivity contribution in [3.8, 4) is 11.5 Å². The first-order valence-corrected chi connectivity index (χ1v) is 12.9. The van der Waals surface area contributed by atoms with Crippen molar-refractivity contribution < 1.29 is 22.7 Å². The predicted molar refractivity (Wildman–Crippen MR) is 134 cm³/mol. The van der Waals surface area contributed by atoms with E-state index in [0.717, 1.165) is 11.8 Å². The Morgan fingerprint density at radius 3 is 2.09 bits per heavy atom. The molecule has 0 saturated heterocycles. The number of nitrogens with zero attached hydrogens (tertiary/aromatic N) is 1. The van der Waals surface area contributed by atoms with Gasteiger partial charge in [-0.25, -0.2) is 8.42 Å². The van der Waals surface area contributed by atoms with Crippen molar-refractivity contribution in [3.05, 3.63) is 88.9 Å². The van der Waals surface area contributed by atoms with Crippen molar-refractivity contribution in [1.29, 1.82) is 0 Å². The first kappa shape index (κ1) is 25.4.